The summed E-state index contributed by atoms with van der Waals surface area (Å²) in [7, 11) is 0. The van der Waals surface area contributed by atoms with Gasteiger partial charge in [-0.15, -0.1) is 0 Å². The fourth-order valence-corrected chi connectivity index (χ4v) is 1.71. The van der Waals surface area contributed by atoms with Gasteiger partial charge in [-0.1, -0.05) is 30.3 Å². The number of carbonyl (C=O) groups excluding carboxylic acids is 1. The number of carboxylic acid groups (broad SMARTS) is 1. The molecule has 3 N–H and O–H groups in total. The van der Waals surface area contributed by atoms with Crippen molar-refractivity contribution in [1.29, 1.82) is 0 Å². The number of aliphatic carboxylic acids is 1. The lowest BCUT2D eigenvalue weighted by atomic mass is 10.1. The third-order valence-electron chi connectivity index (χ3n) is 2.73. The van der Waals surface area contributed by atoms with Crippen LogP contribution in [0.2, 0.25) is 0 Å². The van der Waals surface area contributed by atoms with Crippen LogP contribution in [0.15, 0.2) is 30.3 Å². The number of hydrogen-bond donors (Lipinski definition) is 3. The fourth-order valence-electron chi connectivity index (χ4n) is 1.71. The number of aliphatic hydroxyl groups excluding tert-OH is 1. The van der Waals surface area contributed by atoms with Crippen LogP contribution in [0.4, 0.5) is 0 Å². The monoisotopic (exact) mass is 265 g/mol. The maximum Gasteiger partial charge on any atom is 0.326 e. The molecule has 0 spiro atoms. The maximum absolute atomic E-state index is 11.6. The number of aliphatic hydroxyl groups is 1. The van der Waals surface area contributed by atoms with Crippen molar-refractivity contribution in [3.05, 3.63) is 35.9 Å². The Bertz CT molecular complexity index is 405. The molecule has 0 fully saturated rings. The standard InChI is InChI=1S/C14H19NO4/c16-9-5-4-8-13(17)15-12(14(18)19)10-11-6-2-1-3-7-11/h1-3,6-7,12,16H,4-5,8-10H2,(H,15,17)(H,18,19)/t12-/m1/s1. The zero-order valence-corrected chi connectivity index (χ0v) is 10.7. The highest BCUT2D eigenvalue weighted by molar-refractivity contribution is 5.83. The highest BCUT2D eigenvalue weighted by atomic mass is 16.4. The molecular weight excluding hydrogens is 246 g/mol. The lowest BCUT2D eigenvalue weighted by Gasteiger charge is -2.14. The van der Waals surface area contributed by atoms with Gasteiger partial charge in [0.15, 0.2) is 0 Å². The van der Waals surface area contributed by atoms with Crippen molar-refractivity contribution in [2.45, 2.75) is 31.7 Å². The summed E-state index contributed by atoms with van der Waals surface area (Å²) >= 11 is 0. The molecule has 0 saturated heterocycles. The van der Waals surface area contributed by atoms with E-state index in [1.54, 1.807) is 0 Å². The Morgan fingerprint density at radius 3 is 2.42 bits per heavy atom. The first-order valence-electron chi connectivity index (χ1n) is 6.30. The zero-order valence-electron chi connectivity index (χ0n) is 10.7. The average molecular weight is 265 g/mol. The molecule has 0 aromatic heterocycles. The summed E-state index contributed by atoms with van der Waals surface area (Å²) in [4.78, 5) is 22.7. The van der Waals surface area contributed by atoms with Crippen LogP contribution in [0.1, 0.15) is 24.8 Å². The van der Waals surface area contributed by atoms with Gasteiger partial charge in [-0.2, -0.15) is 0 Å². The minimum Gasteiger partial charge on any atom is -0.480 e. The van der Waals surface area contributed by atoms with Crippen molar-refractivity contribution in [1.82, 2.24) is 5.32 Å². The summed E-state index contributed by atoms with van der Waals surface area (Å²) < 4.78 is 0. The van der Waals surface area contributed by atoms with E-state index in [1.165, 1.54) is 0 Å². The molecule has 1 rings (SSSR count). The molecule has 104 valence electrons. The van der Waals surface area contributed by atoms with Crippen LogP contribution in [0, 0.1) is 0 Å². The predicted octanol–water partition coefficient (Wildman–Crippen LogP) is 0.961. The van der Waals surface area contributed by atoms with E-state index >= 15 is 0 Å². The van der Waals surface area contributed by atoms with Crippen molar-refractivity contribution < 1.29 is 19.8 Å². The molecule has 1 atom stereocenters. The summed E-state index contributed by atoms with van der Waals surface area (Å²) in [5.74, 6) is -1.34. The topological polar surface area (TPSA) is 86.6 Å². The van der Waals surface area contributed by atoms with Crippen LogP contribution < -0.4 is 5.32 Å². The summed E-state index contributed by atoms with van der Waals surface area (Å²) in [6.07, 6.45) is 1.60. The Kier molecular flexibility index (Phi) is 6.60. The van der Waals surface area contributed by atoms with Gasteiger partial charge in [-0.05, 0) is 18.4 Å². The first-order chi connectivity index (χ1) is 9.13. The first kappa shape index (κ1) is 15.2. The molecule has 5 nitrogen and oxygen atoms in total. The molecule has 1 aromatic carbocycles. The van der Waals surface area contributed by atoms with Gasteiger partial charge in [0.1, 0.15) is 6.04 Å². The Morgan fingerprint density at radius 1 is 1.16 bits per heavy atom. The van der Waals surface area contributed by atoms with E-state index in [2.05, 4.69) is 5.32 Å². The van der Waals surface area contributed by atoms with Gasteiger partial charge in [-0.25, -0.2) is 4.79 Å². The summed E-state index contributed by atoms with van der Waals surface area (Å²) in [6, 6.07) is 8.26. The van der Waals surface area contributed by atoms with Crippen LogP contribution in [0.5, 0.6) is 0 Å². The lowest BCUT2D eigenvalue weighted by molar-refractivity contribution is -0.141. The van der Waals surface area contributed by atoms with E-state index in [0.29, 0.717) is 12.8 Å². The van der Waals surface area contributed by atoms with Gasteiger partial charge in [0.2, 0.25) is 5.91 Å². The zero-order chi connectivity index (χ0) is 14.1. The Balaban J connectivity index is 2.49. The maximum atomic E-state index is 11.6. The minimum atomic E-state index is -1.04. The van der Waals surface area contributed by atoms with Gasteiger partial charge in [-0.3, -0.25) is 4.79 Å². The largest absolute Gasteiger partial charge is 0.480 e. The SMILES string of the molecule is O=C(CCCCO)N[C@H](Cc1ccccc1)C(=O)O. The molecule has 0 saturated carbocycles. The molecule has 0 aliphatic rings. The molecule has 0 radical (unpaired) electrons. The smallest absolute Gasteiger partial charge is 0.326 e. The second kappa shape index (κ2) is 8.26. The Morgan fingerprint density at radius 2 is 1.84 bits per heavy atom. The number of carboxylic acids is 1. The summed E-state index contributed by atoms with van der Waals surface area (Å²) in [5.41, 5.74) is 0.866. The number of amides is 1. The van der Waals surface area contributed by atoms with E-state index in [4.69, 9.17) is 10.2 Å². The molecule has 0 aliphatic carbocycles. The highest BCUT2D eigenvalue weighted by Gasteiger charge is 2.19. The quantitative estimate of drug-likeness (QED) is 0.611. The molecule has 0 heterocycles. The molecule has 19 heavy (non-hydrogen) atoms. The van der Waals surface area contributed by atoms with Crippen LogP contribution in [0.3, 0.4) is 0 Å². The van der Waals surface area contributed by atoms with Crippen LogP contribution in [-0.4, -0.2) is 34.7 Å². The second-order valence-electron chi connectivity index (χ2n) is 4.33. The molecule has 0 aliphatic heterocycles. The normalized spacial score (nSPS) is 11.8. The van der Waals surface area contributed by atoms with E-state index in [1.807, 2.05) is 30.3 Å². The van der Waals surface area contributed by atoms with Crippen molar-refractivity contribution in [2.24, 2.45) is 0 Å². The van der Waals surface area contributed by atoms with E-state index < -0.39 is 12.0 Å². The van der Waals surface area contributed by atoms with Gasteiger partial charge in [0, 0.05) is 19.4 Å². The van der Waals surface area contributed by atoms with Crippen molar-refractivity contribution >= 4 is 11.9 Å². The van der Waals surface area contributed by atoms with Crippen LogP contribution in [-0.2, 0) is 16.0 Å². The minimum absolute atomic E-state index is 0.0413. The van der Waals surface area contributed by atoms with Crippen LogP contribution >= 0.6 is 0 Å². The molecule has 0 bridgehead atoms. The average Bonchev–Trinajstić information content (AvgIpc) is 2.39. The lowest BCUT2D eigenvalue weighted by Crippen LogP contribution is -2.42. The predicted molar refractivity (Wildman–Crippen MR) is 70.6 cm³/mol. The number of benzene rings is 1. The third-order valence-corrected chi connectivity index (χ3v) is 2.73. The second-order valence-corrected chi connectivity index (χ2v) is 4.33. The summed E-state index contributed by atoms with van der Waals surface area (Å²) in [5, 5.41) is 20.2. The van der Waals surface area contributed by atoms with Gasteiger partial charge in [0.25, 0.3) is 0 Å². The van der Waals surface area contributed by atoms with Gasteiger partial charge >= 0.3 is 5.97 Å². The number of hydrogen-bond acceptors (Lipinski definition) is 3. The van der Waals surface area contributed by atoms with Crippen molar-refractivity contribution in [3.63, 3.8) is 0 Å². The number of unbranched alkanes of at least 4 members (excludes halogenated alkanes) is 1. The fraction of sp³-hybridized carbons (Fsp3) is 0.429. The van der Waals surface area contributed by atoms with E-state index in [0.717, 1.165) is 5.56 Å². The number of carbonyl (C=O) groups is 2. The van der Waals surface area contributed by atoms with Crippen molar-refractivity contribution in [3.8, 4) is 0 Å². The van der Waals surface area contributed by atoms with Crippen LogP contribution in [0.25, 0.3) is 0 Å². The number of nitrogens with one attached hydrogen (secondary N) is 1. The van der Waals surface area contributed by atoms with Gasteiger partial charge in [0.05, 0.1) is 0 Å². The molecule has 0 unspecified atom stereocenters. The van der Waals surface area contributed by atoms with E-state index in [-0.39, 0.29) is 25.4 Å². The molecule has 1 aromatic rings. The third kappa shape index (κ3) is 6.01. The number of rotatable bonds is 8. The Labute approximate surface area is 112 Å². The molecule has 1 amide bonds. The molecule has 5 heteroatoms. The van der Waals surface area contributed by atoms with E-state index in [9.17, 15) is 9.59 Å². The van der Waals surface area contributed by atoms with Gasteiger partial charge < -0.3 is 15.5 Å². The first-order valence-corrected chi connectivity index (χ1v) is 6.30. The Hall–Kier alpha value is -1.88. The molecular formula is C14H19NO4. The summed E-state index contributed by atoms with van der Waals surface area (Å²) in [6.45, 7) is 0.0413. The highest BCUT2D eigenvalue weighted by Crippen LogP contribution is 2.04. The van der Waals surface area contributed by atoms with Crippen molar-refractivity contribution in [2.75, 3.05) is 6.61 Å².